The average Bonchev–Trinajstić information content (AvgIpc) is 3.23. The maximum absolute atomic E-state index is 4.86. The van der Waals surface area contributed by atoms with Crippen molar-refractivity contribution in [2.24, 2.45) is 0 Å². The molecule has 1 saturated heterocycles. The van der Waals surface area contributed by atoms with Crippen molar-refractivity contribution >= 4 is 47.6 Å². The summed E-state index contributed by atoms with van der Waals surface area (Å²) < 4.78 is 1.84. The zero-order chi connectivity index (χ0) is 19.6. The van der Waals surface area contributed by atoms with Gasteiger partial charge in [0.1, 0.15) is 11.5 Å². The molecule has 160 valence electrons. The van der Waals surface area contributed by atoms with Gasteiger partial charge in [-0.25, -0.2) is 14.6 Å². The molecule has 0 saturated carbocycles. The number of piperazine rings is 1. The molecule has 0 atom stereocenters. The summed E-state index contributed by atoms with van der Waals surface area (Å²) in [4.78, 5) is 20.4. The fraction of sp³-hybridized carbons (Fsp3) is 0.190. The molecule has 0 bridgehead atoms. The molecule has 0 aliphatic carbocycles. The molecule has 0 aromatic carbocycles. The van der Waals surface area contributed by atoms with Gasteiger partial charge in [0.15, 0.2) is 5.82 Å². The highest BCUT2D eigenvalue weighted by Gasteiger charge is 2.14. The molecule has 1 aliphatic rings. The third kappa shape index (κ3) is 4.51. The molecule has 0 spiro atoms. The number of rotatable bonds is 4. The molecule has 1 fully saturated rings. The number of fused-ring (bicyclic) bond motifs is 1. The fourth-order valence-corrected chi connectivity index (χ4v) is 3.45. The van der Waals surface area contributed by atoms with Crippen molar-refractivity contribution in [1.82, 2.24) is 35.0 Å². The summed E-state index contributed by atoms with van der Waals surface area (Å²) in [5.41, 5.74) is 3.06. The summed E-state index contributed by atoms with van der Waals surface area (Å²) in [5, 5.41) is 8.86. The highest BCUT2D eigenvalue weighted by atomic mass is 35.5. The number of pyridine rings is 2. The number of nitrogens with one attached hydrogen (secondary N) is 1. The minimum absolute atomic E-state index is 0. The van der Waals surface area contributed by atoms with Gasteiger partial charge in [0.25, 0.3) is 0 Å². The maximum atomic E-state index is 4.86. The molecule has 5 heterocycles. The zero-order valence-electron chi connectivity index (χ0n) is 16.7. The van der Waals surface area contributed by atoms with Crippen LogP contribution in [0.4, 0.5) is 5.82 Å². The van der Waals surface area contributed by atoms with Crippen LogP contribution in [0.15, 0.2) is 55.6 Å². The third-order valence-corrected chi connectivity index (χ3v) is 4.95. The lowest BCUT2D eigenvalue weighted by Gasteiger charge is -2.28. The smallest absolute Gasteiger partial charge is 0.156 e. The molecule has 5 rings (SSSR count). The van der Waals surface area contributed by atoms with Crippen molar-refractivity contribution < 1.29 is 0 Å². The second-order valence-electron chi connectivity index (χ2n) is 6.81. The van der Waals surface area contributed by atoms with Crippen molar-refractivity contribution in [2.75, 3.05) is 31.1 Å². The normalized spacial score (nSPS) is 13.4. The molecule has 0 radical (unpaired) electrons. The van der Waals surface area contributed by atoms with Crippen LogP contribution in [0.3, 0.4) is 0 Å². The Bertz CT molecular complexity index is 1190. The van der Waals surface area contributed by atoms with E-state index in [-0.39, 0.29) is 24.8 Å². The number of hydrogen-bond acceptors (Lipinski definition) is 7. The minimum Gasteiger partial charge on any atom is -0.354 e. The molecule has 0 amide bonds. The van der Waals surface area contributed by atoms with E-state index in [1.807, 2.05) is 28.9 Å². The summed E-state index contributed by atoms with van der Waals surface area (Å²) in [6, 6.07) is 8.01. The maximum Gasteiger partial charge on any atom is 0.156 e. The summed E-state index contributed by atoms with van der Waals surface area (Å²) in [5.74, 6) is 1.74. The number of hydrogen-bond donors (Lipinski definition) is 1. The van der Waals surface area contributed by atoms with E-state index in [9.17, 15) is 0 Å². The Morgan fingerprint density at radius 2 is 1.74 bits per heavy atom. The van der Waals surface area contributed by atoms with Crippen molar-refractivity contribution in [1.29, 1.82) is 0 Å². The van der Waals surface area contributed by atoms with E-state index in [0.717, 1.165) is 54.4 Å². The minimum atomic E-state index is 0. The predicted molar refractivity (Wildman–Crippen MR) is 127 cm³/mol. The monoisotopic (exact) mass is 456 g/mol. The van der Waals surface area contributed by atoms with Crippen molar-refractivity contribution in [2.45, 2.75) is 0 Å². The highest BCUT2D eigenvalue weighted by Crippen LogP contribution is 2.23. The van der Waals surface area contributed by atoms with Crippen LogP contribution >= 0.6 is 24.8 Å². The molecule has 10 heteroatoms. The number of aromatic nitrogens is 6. The van der Waals surface area contributed by atoms with E-state index in [4.69, 9.17) is 4.98 Å². The van der Waals surface area contributed by atoms with E-state index in [2.05, 4.69) is 36.8 Å². The van der Waals surface area contributed by atoms with Gasteiger partial charge in [-0.1, -0.05) is 12.6 Å². The average molecular weight is 457 g/mol. The molecular weight excluding hydrogens is 435 g/mol. The number of anilines is 1. The van der Waals surface area contributed by atoms with E-state index < -0.39 is 0 Å². The topological polar surface area (TPSA) is 84.7 Å². The van der Waals surface area contributed by atoms with Crippen LogP contribution < -0.4 is 10.2 Å². The first kappa shape index (κ1) is 22.6. The highest BCUT2D eigenvalue weighted by molar-refractivity contribution is 5.85. The van der Waals surface area contributed by atoms with Crippen LogP contribution in [-0.2, 0) is 0 Å². The number of halogens is 2. The van der Waals surface area contributed by atoms with Crippen molar-refractivity contribution in [3.05, 3.63) is 61.3 Å². The van der Waals surface area contributed by atoms with Gasteiger partial charge in [-0.2, -0.15) is 5.10 Å². The standard InChI is InChI=1S/C21H20N8.2ClH/c1-2-16-13-23-14-18(26-16)17-10-19-15(11-24-17)12-25-29(19)21-5-3-4-20(27-21)28-8-6-22-7-9-28;;/h2-5,10-14,22H,1,6-9H2;2*1H. The largest absolute Gasteiger partial charge is 0.354 e. The molecule has 4 aromatic rings. The Kier molecular flexibility index (Phi) is 7.17. The SMILES string of the molecule is C=Cc1cncc(-c2cc3c(cn2)cnn3-c2cccc(N3CCNCC3)n2)n1.Cl.Cl. The fourth-order valence-electron chi connectivity index (χ4n) is 3.45. The Balaban J connectivity index is 0.00000136. The van der Waals surface area contributed by atoms with E-state index in [0.29, 0.717) is 11.4 Å². The first-order chi connectivity index (χ1) is 14.3. The summed E-state index contributed by atoms with van der Waals surface area (Å²) in [6.45, 7) is 7.59. The van der Waals surface area contributed by atoms with E-state index in [1.165, 1.54) is 0 Å². The Morgan fingerprint density at radius 3 is 2.55 bits per heavy atom. The van der Waals surface area contributed by atoms with E-state index >= 15 is 0 Å². The first-order valence-corrected chi connectivity index (χ1v) is 9.53. The van der Waals surface area contributed by atoms with Gasteiger partial charge in [0, 0.05) is 37.8 Å². The molecular formula is C21H22Cl2N8. The lowest BCUT2D eigenvalue weighted by Crippen LogP contribution is -2.43. The van der Waals surface area contributed by atoms with Gasteiger partial charge in [-0.15, -0.1) is 24.8 Å². The van der Waals surface area contributed by atoms with Crippen LogP contribution in [0.25, 0.3) is 34.2 Å². The van der Waals surface area contributed by atoms with Gasteiger partial charge >= 0.3 is 0 Å². The molecule has 8 nitrogen and oxygen atoms in total. The second-order valence-corrected chi connectivity index (χ2v) is 6.81. The Labute approximate surface area is 192 Å². The zero-order valence-corrected chi connectivity index (χ0v) is 18.3. The summed E-state index contributed by atoms with van der Waals surface area (Å²) in [6.07, 6.45) is 8.65. The van der Waals surface area contributed by atoms with Crippen LogP contribution in [0.5, 0.6) is 0 Å². The quantitative estimate of drug-likeness (QED) is 0.504. The molecule has 1 aliphatic heterocycles. The molecule has 1 N–H and O–H groups in total. The van der Waals surface area contributed by atoms with Crippen LogP contribution in [0.2, 0.25) is 0 Å². The lowest BCUT2D eigenvalue weighted by atomic mass is 10.2. The summed E-state index contributed by atoms with van der Waals surface area (Å²) in [7, 11) is 0. The molecule has 4 aromatic heterocycles. The lowest BCUT2D eigenvalue weighted by molar-refractivity contribution is 0.584. The van der Waals surface area contributed by atoms with Crippen LogP contribution in [-0.4, -0.2) is 55.9 Å². The van der Waals surface area contributed by atoms with Gasteiger partial charge in [-0.3, -0.25) is 9.97 Å². The van der Waals surface area contributed by atoms with Crippen molar-refractivity contribution in [3.8, 4) is 17.2 Å². The number of nitrogens with zero attached hydrogens (tertiary/aromatic N) is 7. The van der Waals surface area contributed by atoms with Gasteiger partial charge < -0.3 is 10.2 Å². The second kappa shape index (κ2) is 9.82. The summed E-state index contributed by atoms with van der Waals surface area (Å²) >= 11 is 0. The van der Waals surface area contributed by atoms with Crippen LogP contribution in [0, 0.1) is 0 Å². The first-order valence-electron chi connectivity index (χ1n) is 9.53. The van der Waals surface area contributed by atoms with Gasteiger partial charge in [0.05, 0.1) is 35.5 Å². The molecule has 0 unspecified atom stereocenters. The third-order valence-electron chi connectivity index (χ3n) is 4.95. The van der Waals surface area contributed by atoms with Crippen molar-refractivity contribution in [3.63, 3.8) is 0 Å². The van der Waals surface area contributed by atoms with Gasteiger partial charge in [0.2, 0.25) is 0 Å². The predicted octanol–water partition coefficient (Wildman–Crippen LogP) is 3.17. The van der Waals surface area contributed by atoms with Crippen LogP contribution in [0.1, 0.15) is 5.69 Å². The Morgan fingerprint density at radius 1 is 0.935 bits per heavy atom. The Hall–Kier alpha value is -3.07. The van der Waals surface area contributed by atoms with Gasteiger partial charge in [-0.05, 0) is 24.3 Å². The van der Waals surface area contributed by atoms with E-state index in [1.54, 1.807) is 30.9 Å². The molecule has 31 heavy (non-hydrogen) atoms.